The van der Waals surface area contributed by atoms with E-state index in [1.165, 1.54) is 24.8 Å². The molecule has 15 heavy (non-hydrogen) atoms. The first-order chi connectivity index (χ1) is 7.18. The van der Waals surface area contributed by atoms with E-state index in [9.17, 15) is 5.11 Å². The van der Waals surface area contributed by atoms with Crippen molar-refractivity contribution in [2.24, 2.45) is 11.8 Å². The van der Waals surface area contributed by atoms with Crippen LogP contribution in [0.15, 0.2) is 24.3 Å². The van der Waals surface area contributed by atoms with Crippen molar-refractivity contribution < 1.29 is 5.11 Å². The van der Waals surface area contributed by atoms with Gasteiger partial charge in [-0.25, -0.2) is 0 Å². The lowest BCUT2D eigenvalue weighted by Crippen LogP contribution is -2.15. The fourth-order valence-electron chi connectivity index (χ4n) is 2.74. The van der Waals surface area contributed by atoms with Crippen LogP contribution in [-0.4, -0.2) is 5.11 Å². The molecule has 3 unspecified atom stereocenters. The number of aliphatic hydroxyl groups is 1. The van der Waals surface area contributed by atoms with Gasteiger partial charge in [0.25, 0.3) is 0 Å². The van der Waals surface area contributed by atoms with Crippen LogP contribution in [0.1, 0.15) is 43.4 Å². The van der Waals surface area contributed by atoms with Gasteiger partial charge in [-0.3, -0.25) is 0 Å². The quantitative estimate of drug-likeness (QED) is 0.782. The van der Waals surface area contributed by atoms with Gasteiger partial charge in [0.2, 0.25) is 0 Å². The largest absolute Gasteiger partial charge is 0.388 e. The standard InChI is InChI=1S/C14H20O/c1-10-5-3-7-12(9-10)14(15)13-8-4-6-11(13)2/h3,5,7,9,11,13-15H,4,6,8H2,1-2H3. The van der Waals surface area contributed by atoms with Gasteiger partial charge in [0.1, 0.15) is 0 Å². The van der Waals surface area contributed by atoms with Crippen molar-refractivity contribution in [3.8, 4) is 0 Å². The fraction of sp³-hybridized carbons (Fsp3) is 0.571. The zero-order valence-electron chi connectivity index (χ0n) is 9.61. The molecule has 0 aliphatic heterocycles. The first kappa shape index (κ1) is 10.7. The Kier molecular flexibility index (Phi) is 3.11. The second kappa shape index (κ2) is 4.36. The summed E-state index contributed by atoms with van der Waals surface area (Å²) in [6, 6.07) is 8.26. The Bertz CT molecular complexity index is 332. The molecular formula is C14H20O. The van der Waals surface area contributed by atoms with Gasteiger partial charge in [-0.15, -0.1) is 0 Å². The predicted octanol–water partition coefficient (Wildman–Crippen LogP) is 3.46. The van der Waals surface area contributed by atoms with Crippen molar-refractivity contribution in [1.29, 1.82) is 0 Å². The first-order valence-electron chi connectivity index (χ1n) is 5.93. The summed E-state index contributed by atoms with van der Waals surface area (Å²) in [6.07, 6.45) is 3.46. The molecule has 1 aliphatic carbocycles. The number of aliphatic hydroxyl groups excluding tert-OH is 1. The summed E-state index contributed by atoms with van der Waals surface area (Å²) in [5.41, 5.74) is 2.32. The van der Waals surface area contributed by atoms with Crippen molar-refractivity contribution in [3.05, 3.63) is 35.4 Å². The average Bonchev–Trinajstić information content (AvgIpc) is 2.63. The van der Waals surface area contributed by atoms with Crippen LogP contribution in [0.5, 0.6) is 0 Å². The molecule has 0 aromatic heterocycles. The molecule has 0 spiro atoms. The molecule has 2 rings (SSSR count). The number of hydrogen-bond donors (Lipinski definition) is 1. The summed E-state index contributed by atoms with van der Waals surface area (Å²) < 4.78 is 0. The summed E-state index contributed by atoms with van der Waals surface area (Å²) in [4.78, 5) is 0. The van der Waals surface area contributed by atoms with Crippen LogP contribution in [0, 0.1) is 18.8 Å². The maximum Gasteiger partial charge on any atom is 0.0820 e. The van der Waals surface area contributed by atoms with Crippen LogP contribution in [0.25, 0.3) is 0 Å². The third-order valence-electron chi connectivity index (χ3n) is 3.72. The molecule has 1 saturated carbocycles. The Hall–Kier alpha value is -0.820. The highest BCUT2D eigenvalue weighted by molar-refractivity contribution is 5.24. The fourth-order valence-corrected chi connectivity index (χ4v) is 2.74. The van der Waals surface area contributed by atoms with Gasteiger partial charge >= 0.3 is 0 Å². The van der Waals surface area contributed by atoms with E-state index >= 15 is 0 Å². The minimum absolute atomic E-state index is 0.262. The van der Waals surface area contributed by atoms with Gasteiger partial charge in [0.05, 0.1) is 6.10 Å². The maximum absolute atomic E-state index is 10.3. The Morgan fingerprint density at radius 3 is 2.73 bits per heavy atom. The second-order valence-electron chi connectivity index (χ2n) is 4.93. The first-order valence-corrected chi connectivity index (χ1v) is 5.93. The molecule has 1 N–H and O–H groups in total. The van der Waals surface area contributed by atoms with Crippen LogP contribution in [0.3, 0.4) is 0 Å². The number of aryl methyl sites for hydroxylation is 1. The van der Waals surface area contributed by atoms with Crippen LogP contribution < -0.4 is 0 Å². The van der Waals surface area contributed by atoms with Gasteiger partial charge in [-0.05, 0) is 30.7 Å². The van der Waals surface area contributed by atoms with E-state index in [-0.39, 0.29) is 6.10 Å². The van der Waals surface area contributed by atoms with E-state index in [1.807, 2.05) is 12.1 Å². The molecule has 3 atom stereocenters. The summed E-state index contributed by atoms with van der Waals surface area (Å²) >= 11 is 0. The molecular weight excluding hydrogens is 184 g/mol. The Balaban J connectivity index is 2.16. The normalized spacial score (nSPS) is 27.9. The molecule has 0 saturated heterocycles. The molecule has 1 fully saturated rings. The van der Waals surface area contributed by atoms with Crippen molar-refractivity contribution in [1.82, 2.24) is 0 Å². The third kappa shape index (κ3) is 2.23. The monoisotopic (exact) mass is 204 g/mol. The highest BCUT2D eigenvalue weighted by atomic mass is 16.3. The molecule has 1 nitrogen and oxygen atoms in total. The lowest BCUT2D eigenvalue weighted by atomic mass is 9.88. The summed E-state index contributed by atoms with van der Waals surface area (Å²) in [6.45, 7) is 4.34. The van der Waals surface area contributed by atoms with Gasteiger partial charge in [-0.2, -0.15) is 0 Å². The minimum Gasteiger partial charge on any atom is -0.388 e. The van der Waals surface area contributed by atoms with Crippen molar-refractivity contribution >= 4 is 0 Å². The Labute approximate surface area is 92.1 Å². The Morgan fingerprint density at radius 2 is 2.13 bits per heavy atom. The van der Waals surface area contributed by atoms with E-state index in [0.717, 1.165) is 5.56 Å². The van der Waals surface area contributed by atoms with Crippen LogP contribution in [0.4, 0.5) is 0 Å². The van der Waals surface area contributed by atoms with Crippen LogP contribution in [0.2, 0.25) is 0 Å². The number of benzene rings is 1. The van der Waals surface area contributed by atoms with Crippen molar-refractivity contribution in [2.75, 3.05) is 0 Å². The molecule has 0 heterocycles. The van der Waals surface area contributed by atoms with Gasteiger partial charge in [-0.1, -0.05) is 49.6 Å². The maximum atomic E-state index is 10.3. The molecule has 1 aliphatic rings. The molecule has 0 amide bonds. The highest BCUT2D eigenvalue weighted by Gasteiger charge is 2.30. The lowest BCUT2D eigenvalue weighted by Gasteiger charge is -2.22. The topological polar surface area (TPSA) is 20.2 Å². The molecule has 1 heteroatoms. The van der Waals surface area contributed by atoms with E-state index in [0.29, 0.717) is 11.8 Å². The molecule has 0 radical (unpaired) electrons. The second-order valence-corrected chi connectivity index (χ2v) is 4.93. The van der Waals surface area contributed by atoms with E-state index < -0.39 is 0 Å². The molecule has 0 bridgehead atoms. The van der Waals surface area contributed by atoms with Gasteiger partial charge in [0.15, 0.2) is 0 Å². The van der Waals surface area contributed by atoms with Gasteiger partial charge in [0, 0.05) is 0 Å². The number of hydrogen-bond acceptors (Lipinski definition) is 1. The SMILES string of the molecule is Cc1cccc(C(O)C2CCCC2C)c1. The lowest BCUT2D eigenvalue weighted by molar-refractivity contribution is 0.0900. The zero-order valence-corrected chi connectivity index (χ0v) is 9.61. The van der Waals surface area contributed by atoms with E-state index in [2.05, 4.69) is 26.0 Å². The third-order valence-corrected chi connectivity index (χ3v) is 3.72. The van der Waals surface area contributed by atoms with E-state index in [1.54, 1.807) is 0 Å². The number of rotatable bonds is 2. The smallest absolute Gasteiger partial charge is 0.0820 e. The van der Waals surface area contributed by atoms with Crippen molar-refractivity contribution in [3.63, 3.8) is 0 Å². The zero-order chi connectivity index (χ0) is 10.8. The Morgan fingerprint density at radius 1 is 1.33 bits per heavy atom. The molecule has 82 valence electrons. The van der Waals surface area contributed by atoms with Crippen molar-refractivity contribution in [2.45, 2.75) is 39.2 Å². The average molecular weight is 204 g/mol. The van der Waals surface area contributed by atoms with Crippen LogP contribution >= 0.6 is 0 Å². The predicted molar refractivity (Wildman–Crippen MR) is 62.6 cm³/mol. The summed E-state index contributed by atoms with van der Waals surface area (Å²) in [5, 5.41) is 10.3. The minimum atomic E-state index is -0.262. The van der Waals surface area contributed by atoms with Crippen LogP contribution in [-0.2, 0) is 0 Å². The molecule has 1 aromatic rings. The van der Waals surface area contributed by atoms with E-state index in [4.69, 9.17) is 0 Å². The highest BCUT2D eigenvalue weighted by Crippen LogP contribution is 2.39. The summed E-state index contributed by atoms with van der Waals surface area (Å²) in [5.74, 6) is 1.13. The molecule has 1 aromatic carbocycles. The summed E-state index contributed by atoms with van der Waals surface area (Å²) in [7, 11) is 0. The van der Waals surface area contributed by atoms with Gasteiger partial charge < -0.3 is 5.11 Å².